The Morgan fingerprint density at radius 3 is 2.61 bits per heavy atom. The summed E-state index contributed by atoms with van der Waals surface area (Å²) in [6.07, 6.45) is 1.15. The van der Waals surface area contributed by atoms with Crippen molar-refractivity contribution < 1.29 is 23.9 Å². The van der Waals surface area contributed by atoms with E-state index in [-0.39, 0.29) is 17.9 Å². The predicted molar refractivity (Wildman–Crippen MR) is 60.8 cm³/mol. The third kappa shape index (κ3) is 2.60. The Balaban J connectivity index is 2.02. The molecule has 94 valence electrons. The van der Waals surface area contributed by atoms with E-state index in [2.05, 4.69) is 5.16 Å². The Morgan fingerprint density at radius 2 is 2.00 bits per heavy atom. The minimum atomic E-state index is -1.09. The molecular formula is C12H11NO5. The highest BCUT2D eigenvalue weighted by atomic mass is 16.5. The van der Waals surface area contributed by atoms with Crippen LogP contribution in [0, 0.1) is 0 Å². The number of hydrogen-bond donors (Lipinski definition) is 1. The smallest absolute Gasteiger partial charge is 0.341 e. The molecule has 0 atom stereocenters. The van der Waals surface area contributed by atoms with Crippen molar-refractivity contribution in [3.05, 3.63) is 41.8 Å². The fourth-order valence-electron chi connectivity index (χ4n) is 1.36. The molecule has 2 aromatic rings. The average Bonchev–Trinajstić information content (AvgIpc) is 2.85. The molecule has 2 rings (SSSR count). The van der Waals surface area contributed by atoms with Crippen LogP contribution in [0.2, 0.25) is 0 Å². The summed E-state index contributed by atoms with van der Waals surface area (Å²) in [5.74, 6) is 0.389. The van der Waals surface area contributed by atoms with Gasteiger partial charge in [0.1, 0.15) is 23.7 Å². The molecule has 0 spiro atoms. The van der Waals surface area contributed by atoms with Gasteiger partial charge >= 0.3 is 5.97 Å². The number of methoxy groups -OCH3 is 1. The molecule has 0 amide bonds. The number of benzene rings is 1. The van der Waals surface area contributed by atoms with Gasteiger partial charge in [-0.25, -0.2) is 4.79 Å². The zero-order valence-corrected chi connectivity index (χ0v) is 9.62. The van der Waals surface area contributed by atoms with Gasteiger partial charge in [-0.1, -0.05) is 5.16 Å². The van der Waals surface area contributed by atoms with Crippen molar-refractivity contribution in [2.75, 3.05) is 7.11 Å². The van der Waals surface area contributed by atoms with Gasteiger partial charge in [0, 0.05) is 0 Å². The van der Waals surface area contributed by atoms with Gasteiger partial charge in [-0.05, 0) is 24.3 Å². The molecule has 0 saturated heterocycles. The number of carbonyl (C=O) groups is 1. The van der Waals surface area contributed by atoms with Crippen molar-refractivity contribution >= 4 is 5.97 Å². The Kier molecular flexibility index (Phi) is 3.47. The lowest BCUT2D eigenvalue weighted by Crippen LogP contribution is -2.02. The highest BCUT2D eigenvalue weighted by Crippen LogP contribution is 2.19. The van der Waals surface area contributed by atoms with E-state index in [1.54, 1.807) is 31.4 Å². The zero-order chi connectivity index (χ0) is 13.0. The molecule has 1 aromatic carbocycles. The van der Waals surface area contributed by atoms with E-state index in [1.165, 1.54) is 0 Å². The molecule has 1 N–H and O–H groups in total. The summed E-state index contributed by atoms with van der Waals surface area (Å²) in [4.78, 5) is 10.8. The van der Waals surface area contributed by atoms with Gasteiger partial charge in [-0.2, -0.15) is 0 Å². The van der Waals surface area contributed by atoms with Crippen molar-refractivity contribution in [3.63, 3.8) is 0 Å². The molecule has 18 heavy (non-hydrogen) atoms. The van der Waals surface area contributed by atoms with E-state index in [1.807, 2.05) is 0 Å². The molecule has 1 aromatic heterocycles. The van der Waals surface area contributed by atoms with Crippen LogP contribution >= 0.6 is 0 Å². The lowest BCUT2D eigenvalue weighted by Gasteiger charge is -2.05. The summed E-state index contributed by atoms with van der Waals surface area (Å²) >= 11 is 0. The molecular weight excluding hydrogens is 238 g/mol. The standard InChI is InChI=1S/C12H11NO5/c1-16-8-2-4-9(5-3-8)17-7-11-10(12(14)15)6-13-18-11/h2-6H,7H2,1H3,(H,14,15). The number of nitrogens with zero attached hydrogens (tertiary/aromatic N) is 1. The Labute approximate surface area is 103 Å². The zero-order valence-electron chi connectivity index (χ0n) is 9.62. The predicted octanol–water partition coefficient (Wildman–Crippen LogP) is 1.96. The van der Waals surface area contributed by atoms with Crippen LogP contribution in [0.1, 0.15) is 16.1 Å². The van der Waals surface area contributed by atoms with E-state index < -0.39 is 5.97 Å². The lowest BCUT2D eigenvalue weighted by atomic mass is 10.3. The summed E-state index contributed by atoms with van der Waals surface area (Å²) in [5.41, 5.74) is 0.00325. The number of ether oxygens (including phenoxy) is 2. The van der Waals surface area contributed by atoms with Gasteiger partial charge < -0.3 is 19.1 Å². The molecule has 0 radical (unpaired) electrons. The minimum Gasteiger partial charge on any atom is -0.497 e. The molecule has 1 heterocycles. The SMILES string of the molecule is COc1ccc(OCc2oncc2C(=O)O)cc1. The van der Waals surface area contributed by atoms with Gasteiger partial charge in [0.2, 0.25) is 0 Å². The molecule has 0 aliphatic rings. The van der Waals surface area contributed by atoms with Gasteiger partial charge in [0.15, 0.2) is 5.76 Å². The topological polar surface area (TPSA) is 81.8 Å². The molecule has 0 aliphatic carbocycles. The van der Waals surface area contributed by atoms with Gasteiger partial charge in [0.05, 0.1) is 13.3 Å². The summed E-state index contributed by atoms with van der Waals surface area (Å²) in [6, 6.07) is 6.92. The first kappa shape index (κ1) is 12.0. The molecule has 0 saturated carbocycles. The van der Waals surface area contributed by atoms with Crippen molar-refractivity contribution in [1.29, 1.82) is 0 Å². The van der Waals surface area contributed by atoms with Crippen LogP contribution in [-0.2, 0) is 6.61 Å². The second-order valence-corrected chi connectivity index (χ2v) is 3.43. The van der Waals surface area contributed by atoms with E-state index in [4.69, 9.17) is 19.1 Å². The van der Waals surface area contributed by atoms with Crippen molar-refractivity contribution in [1.82, 2.24) is 5.16 Å². The second-order valence-electron chi connectivity index (χ2n) is 3.43. The Hall–Kier alpha value is -2.50. The number of aromatic nitrogens is 1. The van der Waals surface area contributed by atoms with Crippen LogP contribution in [0.4, 0.5) is 0 Å². The van der Waals surface area contributed by atoms with E-state index in [0.717, 1.165) is 6.20 Å². The van der Waals surface area contributed by atoms with Crippen molar-refractivity contribution in [2.45, 2.75) is 6.61 Å². The molecule has 0 aliphatic heterocycles. The molecule has 6 heteroatoms. The quantitative estimate of drug-likeness (QED) is 0.872. The lowest BCUT2D eigenvalue weighted by molar-refractivity contribution is 0.0691. The Bertz CT molecular complexity index is 532. The van der Waals surface area contributed by atoms with E-state index >= 15 is 0 Å². The maximum atomic E-state index is 10.8. The maximum Gasteiger partial charge on any atom is 0.341 e. The van der Waals surface area contributed by atoms with Crippen LogP contribution in [0.25, 0.3) is 0 Å². The normalized spacial score (nSPS) is 10.1. The Morgan fingerprint density at radius 1 is 1.33 bits per heavy atom. The van der Waals surface area contributed by atoms with Crippen LogP contribution in [0.15, 0.2) is 35.0 Å². The number of carboxylic acids is 1. The third-order valence-corrected chi connectivity index (χ3v) is 2.30. The monoisotopic (exact) mass is 249 g/mol. The summed E-state index contributed by atoms with van der Waals surface area (Å²) in [5, 5.41) is 12.3. The fraction of sp³-hybridized carbons (Fsp3) is 0.167. The number of rotatable bonds is 5. The molecule has 0 bridgehead atoms. The second kappa shape index (κ2) is 5.22. The van der Waals surface area contributed by atoms with Crippen molar-refractivity contribution in [3.8, 4) is 11.5 Å². The minimum absolute atomic E-state index is 0.00325. The highest BCUT2D eigenvalue weighted by Gasteiger charge is 2.15. The fourth-order valence-corrected chi connectivity index (χ4v) is 1.36. The summed E-state index contributed by atoms with van der Waals surface area (Å²) < 4.78 is 15.2. The first-order valence-corrected chi connectivity index (χ1v) is 5.14. The average molecular weight is 249 g/mol. The van der Waals surface area contributed by atoms with Gasteiger partial charge in [-0.15, -0.1) is 0 Å². The largest absolute Gasteiger partial charge is 0.497 e. The van der Waals surface area contributed by atoms with E-state index in [9.17, 15) is 4.79 Å². The molecule has 0 fully saturated rings. The molecule has 6 nitrogen and oxygen atoms in total. The number of carboxylic acid groups (broad SMARTS) is 1. The third-order valence-electron chi connectivity index (χ3n) is 2.30. The summed E-state index contributed by atoms with van der Waals surface area (Å²) in [7, 11) is 1.57. The molecule has 0 unspecified atom stereocenters. The van der Waals surface area contributed by atoms with Crippen LogP contribution < -0.4 is 9.47 Å². The van der Waals surface area contributed by atoms with Gasteiger partial charge in [-0.3, -0.25) is 0 Å². The highest BCUT2D eigenvalue weighted by molar-refractivity contribution is 5.88. The van der Waals surface area contributed by atoms with Crippen LogP contribution in [-0.4, -0.2) is 23.3 Å². The van der Waals surface area contributed by atoms with Gasteiger partial charge in [0.25, 0.3) is 0 Å². The number of hydrogen-bond acceptors (Lipinski definition) is 5. The van der Waals surface area contributed by atoms with Crippen LogP contribution in [0.5, 0.6) is 11.5 Å². The first-order chi connectivity index (χ1) is 8.70. The van der Waals surface area contributed by atoms with E-state index in [0.29, 0.717) is 11.5 Å². The number of aromatic carboxylic acids is 1. The van der Waals surface area contributed by atoms with Crippen molar-refractivity contribution in [2.24, 2.45) is 0 Å². The first-order valence-electron chi connectivity index (χ1n) is 5.14. The maximum absolute atomic E-state index is 10.8. The summed E-state index contributed by atoms with van der Waals surface area (Å²) in [6.45, 7) is 0.00790. The van der Waals surface area contributed by atoms with Crippen LogP contribution in [0.3, 0.4) is 0 Å².